The van der Waals surface area contributed by atoms with E-state index in [4.69, 9.17) is 11.6 Å². The van der Waals surface area contributed by atoms with E-state index in [2.05, 4.69) is 4.98 Å². The number of carbonyl (C=O) groups excluding carboxylic acids is 3. The third-order valence-corrected chi connectivity index (χ3v) is 6.66. The van der Waals surface area contributed by atoms with Crippen molar-refractivity contribution in [2.75, 3.05) is 32.7 Å². The van der Waals surface area contributed by atoms with Crippen LogP contribution in [0.2, 0.25) is 5.15 Å². The van der Waals surface area contributed by atoms with Gasteiger partial charge < -0.3 is 14.7 Å². The van der Waals surface area contributed by atoms with Gasteiger partial charge in [-0.3, -0.25) is 14.4 Å². The number of rotatable bonds is 3. The predicted octanol–water partition coefficient (Wildman–Crippen LogP) is 2.20. The normalized spacial score (nSPS) is 21.7. The second-order valence-electron chi connectivity index (χ2n) is 8.18. The molecule has 3 amide bonds. The van der Waals surface area contributed by atoms with E-state index in [1.165, 1.54) is 6.20 Å². The summed E-state index contributed by atoms with van der Waals surface area (Å²) in [5.41, 5.74) is 0.526. The van der Waals surface area contributed by atoms with Crippen LogP contribution in [-0.2, 0) is 9.59 Å². The van der Waals surface area contributed by atoms with Crippen molar-refractivity contribution >= 4 is 29.3 Å². The van der Waals surface area contributed by atoms with Crippen molar-refractivity contribution in [3.05, 3.63) is 29.0 Å². The van der Waals surface area contributed by atoms with Crippen LogP contribution in [-0.4, -0.2) is 76.2 Å². The van der Waals surface area contributed by atoms with Crippen LogP contribution < -0.4 is 0 Å². The number of nitrogens with zero attached hydrogens (tertiary/aromatic N) is 4. The molecule has 3 fully saturated rings. The fourth-order valence-electron chi connectivity index (χ4n) is 4.73. The average molecular weight is 419 g/mol. The highest BCUT2D eigenvalue weighted by Crippen LogP contribution is 2.26. The Kier molecular flexibility index (Phi) is 6.04. The second-order valence-corrected chi connectivity index (χ2v) is 8.57. The molecule has 4 heterocycles. The smallest absolute Gasteiger partial charge is 0.255 e. The van der Waals surface area contributed by atoms with Crippen LogP contribution in [0.3, 0.4) is 0 Å². The number of aromatic nitrogens is 1. The summed E-state index contributed by atoms with van der Waals surface area (Å²) in [6.07, 6.45) is 6.25. The molecule has 0 atom stereocenters. The molecule has 3 aliphatic rings. The zero-order valence-corrected chi connectivity index (χ0v) is 17.3. The molecule has 29 heavy (non-hydrogen) atoms. The Morgan fingerprint density at radius 3 is 2.24 bits per heavy atom. The van der Waals surface area contributed by atoms with Gasteiger partial charge in [-0.2, -0.15) is 0 Å². The van der Waals surface area contributed by atoms with Crippen LogP contribution >= 0.6 is 11.6 Å². The third kappa shape index (κ3) is 4.39. The number of hydrogen-bond donors (Lipinski definition) is 0. The van der Waals surface area contributed by atoms with Gasteiger partial charge in [-0.05, 0) is 44.2 Å². The molecule has 156 valence electrons. The minimum Gasteiger partial charge on any atom is -0.342 e. The lowest BCUT2D eigenvalue weighted by atomic mass is 9.93. The Bertz CT molecular complexity index is 769. The van der Waals surface area contributed by atoms with E-state index in [0.717, 1.165) is 38.9 Å². The molecule has 1 aromatic rings. The van der Waals surface area contributed by atoms with Crippen molar-refractivity contribution < 1.29 is 14.4 Å². The molecule has 0 spiro atoms. The number of likely N-dealkylation sites (tertiary alicyclic amines) is 3. The monoisotopic (exact) mass is 418 g/mol. The lowest BCUT2D eigenvalue weighted by Crippen LogP contribution is -2.50. The van der Waals surface area contributed by atoms with Gasteiger partial charge in [-0.1, -0.05) is 11.6 Å². The Labute approximate surface area is 176 Å². The molecule has 0 saturated carbocycles. The number of pyridine rings is 1. The summed E-state index contributed by atoms with van der Waals surface area (Å²) in [4.78, 5) is 47.2. The highest BCUT2D eigenvalue weighted by atomic mass is 35.5. The van der Waals surface area contributed by atoms with Gasteiger partial charge in [0.1, 0.15) is 5.15 Å². The standard InChI is InChI=1S/C21H27ClN4O3/c22-18-4-3-16(14-23-18)21(29)24-10-5-15(6-11-24)20(28)25-12-7-17(8-13-25)26-9-1-2-19(26)27/h3-4,14-15,17H,1-2,5-13H2. The molecule has 0 N–H and O–H groups in total. The highest BCUT2D eigenvalue weighted by molar-refractivity contribution is 6.29. The molecule has 0 radical (unpaired) electrons. The Balaban J connectivity index is 1.25. The molecule has 3 aliphatic heterocycles. The topological polar surface area (TPSA) is 73.8 Å². The SMILES string of the molecule is O=C(c1ccc(Cl)nc1)N1CCC(C(=O)N2CCC(N3CCCC3=O)CC2)CC1. The van der Waals surface area contributed by atoms with Gasteiger partial charge in [-0.15, -0.1) is 0 Å². The van der Waals surface area contributed by atoms with Crippen LogP contribution in [0.5, 0.6) is 0 Å². The van der Waals surface area contributed by atoms with Crippen LogP contribution in [0.1, 0.15) is 48.9 Å². The van der Waals surface area contributed by atoms with E-state index in [9.17, 15) is 14.4 Å². The van der Waals surface area contributed by atoms with Crippen molar-refractivity contribution in [1.82, 2.24) is 19.7 Å². The summed E-state index contributed by atoms with van der Waals surface area (Å²) in [5, 5.41) is 0.365. The maximum atomic E-state index is 12.9. The van der Waals surface area contributed by atoms with E-state index in [0.29, 0.717) is 49.1 Å². The molecule has 4 rings (SSSR count). The summed E-state index contributed by atoms with van der Waals surface area (Å²) < 4.78 is 0. The van der Waals surface area contributed by atoms with Gasteiger partial charge in [0.25, 0.3) is 5.91 Å². The quantitative estimate of drug-likeness (QED) is 0.705. The first-order chi connectivity index (χ1) is 14.0. The van der Waals surface area contributed by atoms with E-state index < -0.39 is 0 Å². The lowest BCUT2D eigenvalue weighted by Gasteiger charge is -2.39. The largest absolute Gasteiger partial charge is 0.342 e. The van der Waals surface area contributed by atoms with Crippen LogP contribution in [0.25, 0.3) is 0 Å². The van der Waals surface area contributed by atoms with Gasteiger partial charge in [0.05, 0.1) is 5.56 Å². The van der Waals surface area contributed by atoms with Crippen molar-refractivity contribution in [2.24, 2.45) is 5.92 Å². The maximum Gasteiger partial charge on any atom is 0.255 e. The minimum atomic E-state index is -0.0591. The first-order valence-corrected chi connectivity index (χ1v) is 10.9. The number of halogens is 1. The van der Waals surface area contributed by atoms with Crippen LogP contribution in [0.4, 0.5) is 0 Å². The minimum absolute atomic E-state index is 0.0210. The molecule has 0 aromatic carbocycles. The first kappa shape index (κ1) is 20.1. The van der Waals surface area contributed by atoms with Gasteiger partial charge in [0.2, 0.25) is 11.8 Å². The number of carbonyl (C=O) groups is 3. The van der Waals surface area contributed by atoms with Crippen LogP contribution in [0, 0.1) is 5.92 Å². The maximum absolute atomic E-state index is 12.9. The van der Waals surface area contributed by atoms with Crippen molar-refractivity contribution in [2.45, 2.75) is 44.6 Å². The molecule has 8 heteroatoms. The highest BCUT2D eigenvalue weighted by Gasteiger charge is 2.35. The van der Waals surface area contributed by atoms with Gasteiger partial charge in [0.15, 0.2) is 0 Å². The summed E-state index contributed by atoms with van der Waals surface area (Å²) in [7, 11) is 0. The first-order valence-electron chi connectivity index (χ1n) is 10.5. The molecular formula is C21H27ClN4O3. The second kappa shape index (κ2) is 8.69. The molecule has 7 nitrogen and oxygen atoms in total. The zero-order chi connectivity index (χ0) is 20.4. The zero-order valence-electron chi connectivity index (χ0n) is 16.6. The Hall–Kier alpha value is -2.15. The number of piperidine rings is 2. The summed E-state index contributed by atoms with van der Waals surface area (Å²) in [6.45, 7) is 3.48. The Morgan fingerprint density at radius 2 is 1.66 bits per heavy atom. The van der Waals surface area contributed by atoms with E-state index in [-0.39, 0.29) is 23.6 Å². The summed E-state index contributed by atoms with van der Waals surface area (Å²) in [6, 6.07) is 3.59. The summed E-state index contributed by atoms with van der Waals surface area (Å²) >= 11 is 5.79. The third-order valence-electron chi connectivity index (χ3n) is 6.43. The molecule has 3 saturated heterocycles. The van der Waals surface area contributed by atoms with Gasteiger partial charge in [-0.25, -0.2) is 4.98 Å². The molecule has 0 aliphatic carbocycles. The van der Waals surface area contributed by atoms with Crippen molar-refractivity contribution in [1.29, 1.82) is 0 Å². The molecule has 0 unspecified atom stereocenters. The fraction of sp³-hybridized carbons (Fsp3) is 0.619. The van der Waals surface area contributed by atoms with Crippen molar-refractivity contribution in [3.63, 3.8) is 0 Å². The van der Waals surface area contributed by atoms with Crippen molar-refractivity contribution in [3.8, 4) is 0 Å². The number of amides is 3. The van der Waals surface area contributed by atoms with E-state index in [1.807, 2.05) is 9.80 Å². The Morgan fingerprint density at radius 1 is 0.966 bits per heavy atom. The molecular weight excluding hydrogens is 392 g/mol. The average Bonchev–Trinajstić information content (AvgIpc) is 3.19. The van der Waals surface area contributed by atoms with Gasteiger partial charge >= 0.3 is 0 Å². The fourth-order valence-corrected chi connectivity index (χ4v) is 4.84. The predicted molar refractivity (Wildman–Crippen MR) is 108 cm³/mol. The molecule has 1 aromatic heterocycles. The van der Waals surface area contributed by atoms with Crippen LogP contribution in [0.15, 0.2) is 18.3 Å². The van der Waals surface area contributed by atoms with Gasteiger partial charge in [0, 0.05) is 57.3 Å². The van der Waals surface area contributed by atoms with E-state index in [1.54, 1.807) is 17.0 Å². The number of hydrogen-bond acceptors (Lipinski definition) is 4. The summed E-state index contributed by atoms with van der Waals surface area (Å²) in [5.74, 6) is 0.391. The lowest BCUT2D eigenvalue weighted by molar-refractivity contribution is -0.139. The van der Waals surface area contributed by atoms with E-state index >= 15 is 0 Å². The molecule has 0 bridgehead atoms.